The number of methoxy groups -OCH3 is 2. The Labute approximate surface area is 172 Å². The summed E-state index contributed by atoms with van der Waals surface area (Å²) in [5.74, 6) is 0.873. The quantitative estimate of drug-likeness (QED) is 0.346. The fourth-order valence-electron chi connectivity index (χ4n) is 2.30. The molecule has 0 aliphatic rings. The van der Waals surface area contributed by atoms with E-state index in [2.05, 4.69) is 33.2 Å². The summed E-state index contributed by atoms with van der Waals surface area (Å²) < 4.78 is 11.6. The monoisotopic (exact) mass is 477 g/mol. The Morgan fingerprint density at radius 1 is 1.15 bits per heavy atom. The van der Waals surface area contributed by atoms with Gasteiger partial charge in [-0.05, 0) is 71.0 Å². The smallest absolute Gasteiger partial charge is 0.263 e. The average molecular weight is 477 g/mol. The second-order valence-corrected chi connectivity index (χ2v) is 6.76. The van der Waals surface area contributed by atoms with Gasteiger partial charge in [0.05, 0.1) is 14.2 Å². The fourth-order valence-corrected chi connectivity index (χ4v) is 2.66. The first kappa shape index (κ1) is 20.6. The molecule has 0 aromatic heterocycles. The van der Waals surface area contributed by atoms with Gasteiger partial charge in [-0.15, -0.1) is 0 Å². The van der Waals surface area contributed by atoms with E-state index in [9.17, 15) is 10.1 Å². The van der Waals surface area contributed by atoms with Gasteiger partial charge < -0.3 is 20.1 Å². The molecule has 0 aliphatic carbocycles. The SMILES string of the molecule is COc1ccc(CCNC(=O)/C(C#N)=C\Nc2ccc(I)cc2)cc1OC. The lowest BCUT2D eigenvalue weighted by Gasteiger charge is -2.10. The van der Waals surface area contributed by atoms with Crippen LogP contribution in [0.1, 0.15) is 5.56 Å². The predicted octanol–water partition coefficient (Wildman–Crippen LogP) is 3.49. The van der Waals surface area contributed by atoms with Gasteiger partial charge in [0.2, 0.25) is 0 Å². The lowest BCUT2D eigenvalue weighted by Crippen LogP contribution is -2.27. The van der Waals surface area contributed by atoms with Crippen molar-refractivity contribution in [2.24, 2.45) is 0 Å². The Kier molecular flexibility index (Phi) is 7.95. The highest BCUT2D eigenvalue weighted by atomic mass is 127. The lowest BCUT2D eigenvalue weighted by molar-refractivity contribution is -0.117. The molecule has 2 aromatic rings. The van der Waals surface area contributed by atoms with E-state index < -0.39 is 5.91 Å². The number of ether oxygens (including phenoxy) is 2. The number of nitrogens with one attached hydrogen (secondary N) is 2. The Morgan fingerprint density at radius 3 is 2.48 bits per heavy atom. The molecule has 0 unspecified atom stereocenters. The number of halogens is 1. The minimum atomic E-state index is -0.420. The number of nitrogens with zero attached hydrogens (tertiary/aromatic N) is 1. The van der Waals surface area contributed by atoms with Crippen molar-refractivity contribution in [3.63, 3.8) is 0 Å². The van der Waals surface area contributed by atoms with Gasteiger partial charge in [0, 0.05) is 22.0 Å². The van der Waals surface area contributed by atoms with Crippen molar-refractivity contribution in [2.45, 2.75) is 6.42 Å². The van der Waals surface area contributed by atoms with Crippen molar-refractivity contribution in [1.29, 1.82) is 5.26 Å². The zero-order chi connectivity index (χ0) is 19.6. The van der Waals surface area contributed by atoms with E-state index in [1.54, 1.807) is 14.2 Å². The van der Waals surface area contributed by atoms with Crippen molar-refractivity contribution in [1.82, 2.24) is 5.32 Å². The summed E-state index contributed by atoms with van der Waals surface area (Å²) in [5, 5.41) is 14.9. The molecule has 140 valence electrons. The van der Waals surface area contributed by atoms with Gasteiger partial charge in [-0.3, -0.25) is 4.79 Å². The van der Waals surface area contributed by atoms with E-state index in [0.29, 0.717) is 24.5 Å². The minimum absolute atomic E-state index is 0.0147. The third kappa shape index (κ3) is 6.18. The first-order valence-corrected chi connectivity index (χ1v) is 9.26. The molecule has 1 amide bonds. The Balaban J connectivity index is 1.90. The zero-order valence-corrected chi connectivity index (χ0v) is 17.2. The molecule has 0 aliphatic heterocycles. The van der Waals surface area contributed by atoms with Gasteiger partial charge in [-0.2, -0.15) is 5.26 Å². The Bertz CT molecular complexity index is 858. The van der Waals surface area contributed by atoms with Crippen molar-refractivity contribution in [3.8, 4) is 17.6 Å². The average Bonchev–Trinajstić information content (AvgIpc) is 2.69. The number of amides is 1. The number of anilines is 1. The summed E-state index contributed by atoms with van der Waals surface area (Å²) in [7, 11) is 3.16. The third-order valence-corrected chi connectivity index (χ3v) is 4.46. The second kappa shape index (κ2) is 10.4. The van der Waals surface area contributed by atoms with Crippen LogP contribution in [0.3, 0.4) is 0 Å². The molecular weight excluding hydrogens is 457 g/mol. The summed E-state index contributed by atoms with van der Waals surface area (Å²) in [6.45, 7) is 0.400. The number of hydrogen-bond acceptors (Lipinski definition) is 5. The molecular formula is C20H20IN3O3. The molecule has 0 radical (unpaired) electrons. The standard InChI is InChI=1S/C20H20IN3O3/c1-26-18-8-3-14(11-19(18)27-2)9-10-23-20(25)15(12-22)13-24-17-6-4-16(21)5-7-17/h3-8,11,13,24H,9-10H2,1-2H3,(H,23,25)/b15-13-. The molecule has 27 heavy (non-hydrogen) atoms. The second-order valence-electron chi connectivity index (χ2n) is 5.52. The lowest BCUT2D eigenvalue weighted by atomic mass is 10.1. The van der Waals surface area contributed by atoms with Gasteiger partial charge in [0.1, 0.15) is 11.6 Å². The molecule has 0 spiro atoms. The van der Waals surface area contributed by atoms with Crippen LogP contribution in [0.15, 0.2) is 54.2 Å². The van der Waals surface area contributed by atoms with E-state index in [4.69, 9.17) is 9.47 Å². The number of carbonyl (C=O) groups is 1. The molecule has 6 nitrogen and oxygen atoms in total. The summed E-state index contributed by atoms with van der Waals surface area (Å²) in [6, 6.07) is 15.1. The van der Waals surface area contributed by atoms with Crippen LogP contribution >= 0.6 is 22.6 Å². The summed E-state index contributed by atoms with van der Waals surface area (Å²) >= 11 is 2.21. The van der Waals surface area contributed by atoms with Gasteiger partial charge in [-0.25, -0.2) is 0 Å². The molecule has 2 aromatic carbocycles. The van der Waals surface area contributed by atoms with Gasteiger partial charge >= 0.3 is 0 Å². The largest absolute Gasteiger partial charge is 0.493 e. The Morgan fingerprint density at radius 2 is 1.85 bits per heavy atom. The van der Waals surface area contributed by atoms with E-state index in [-0.39, 0.29) is 5.57 Å². The van der Waals surface area contributed by atoms with Crippen LogP contribution < -0.4 is 20.1 Å². The van der Waals surface area contributed by atoms with Crippen LogP contribution in [0.25, 0.3) is 0 Å². The molecule has 2 rings (SSSR count). The highest BCUT2D eigenvalue weighted by Gasteiger charge is 2.09. The molecule has 7 heteroatoms. The number of benzene rings is 2. The van der Waals surface area contributed by atoms with Gasteiger partial charge in [-0.1, -0.05) is 6.07 Å². The van der Waals surface area contributed by atoms with Gasteiger partial charge in [0.15, 0.2) is 11.5 Å². The highest BCUT2D eigenvalue weighted by Crippen LogP contribution is 2.27. The maximum atomic E-state index is 12.2. The number of rotatable bonds is 8. The van der Waals surface area contributed by atoms with Crippen LogP contribution in [-0.4, -0.2) is 26.7 Å². The van der Waals surface area contributed by atoms with Crippen molar-refractivity contribution < 1.29 is 14.3 Å². The minimum Gasteiger partial charge on any atom is -0.493 e. The molecule has 0 saturated carbocycles. The highest BCUT2D eigenvalue weighted by molar-refractivity contribution is 14.1. The van der Waals surface area contributed by atoms with Crippen molar-refractivity contribution in [2.75, 3.05) is 26.1 Å². The van der Waals surface area contributed by atoms with Crippen molar-refractivity contribution in [3.05, 3.63) is 63.4 Å². The zero-order valence-electron chi connectivity index (χ0n) is 15.1. The number of hydrogen-bond donors (Lipinski definition) is 2. The van der Waals surface area contributed by atoms with E-state index in [0.717, 1.165) is 14.8 Å². The molecule has 0 saturated heterocycles. The van der Waals surface area contributed by atoms with E-state index in [1.165, 1.54) is 6.20 Å². The van der Waals surface area contributed by atoms with E-state index in [1.807, 2.05) is 48.5 Å². The maximum absolute atomic E-state index is 12.2. The summed E-state index contributed by atoms with van der Waals surface area (Å²) in [5.41, 5.74) is 1.81. The summed E-state index contributed by atoms with van der Waals surface area (Å²) in [6.07, 6.45) is 2.02. The number of carbonyl (C=O) groups excluding carboxylic acids is 1. The van der Waals surface area contributed by atoms with Crippen LogP contribution in [0, 0.1) is 14.9 Å². The normalized spacial score (nSPS) is 10.7. The maximum Gasteiger partial charge on any atom is 0.263 e. The molecule has 0 heterocycles. The number of nitriles is 1. The van der Waals surface area contributed by atoms with Crippen LogP contribution in [0.2, 0.25) is 0 Å². The first-order valence-electron chi connectivity index (χ1n) is 8.19. The fraction of sp³-hybridized carbons (Fsp3) is 0.200. The van der Waals surface area contributed by atoms with Crippen molar-refractivity contribution >= 4 is 34.2 Å². The van der Waals surface area contributed by atoms with Crippen LogP contribution in [0.5, 0.6) is 11.5 Å². The van der Waals surface area contributed by atoms with Crippen LogP contribution in [-0.2, 0) is 11.2 Å². The predicted molar refractivity (Wildman–Crippen MR) is 113 cm³/mol. The topological polar surface area (TPSA) is 83.4 Å². The molecule has 0 atom stereocenters. The molecule has 2 N–H and O–H groups in total. The summed E-state index contributed by atoms with van der Waals surface area (Å²) in [4.78, 5) is 12.2. The van der Waals surface area contributed by atoms with E-state index >= 15 is 0 Å². The molecule has 0 fully saturated rings. The Hall–Kier alpha value is -2.73. The third-order valence-electron chi connectivity index (χ3n) is 3.74. The van der Waals surface area contributed by atoms with Gasteiger partial charge in [0.25, 0.3) is 5.91 Å². The van der Waals surface area contributed by atoms with Crippen LogP contribution in [0.4, 0.5) is 5.69 Å². The molecule has 0 bridgehead atoms. The first-order chi connectivity index (χ1) is 13.1.